The number of nitro groups is 1. The Morgan fingerprint density at radius 2 is 1.68 bits per heavy atom. The van der Waals surface area contributed by atoms with E-state index >= 15 is 0 Å². The van der Waals surface area contributed by atoms with Crippen LogP contribution in [0.2, 0.25) is 0 Å². The number of nitro benzene ring substituents is 1. The molecule has 0 bridgehead atoms. The Balaban J connectivity index is 1.75. The molecular weight excluding hydrogens is 492 g/mol. The first-order valence-corrected chi connectivity index (χ1v) is 13.6. The van der Waals surface area contributed by atoms with Crippen molar-refractivity contribution in [3.05, 3.63) is 75.8 Å². The standard InChI is InChI=1S/C27H34N4O5S/c1-21(32)37-19-18-30(17-14-22-8-4-2-5-9-22)27(34)28-25(26(33)29-15-6-3-7-16-29)20-23-10-12-24(13-11-23)31(35)36/h2,4-5,8-13,25H,3,6-7,14-20H2,1H3,(H,28,34). The number of thioether (sulfide) groups is 1. The summed E-state index contributed by atoms with van der Waals surface area (Å²) in [5.41, 5.74) is 1.79. The molecule has 1 aliphatic heterocycles. The largest absolute Gasteiger partial charge is 0.341 e. The van der Waals surface area contributed by atoms with Crippen molar-refractivity contribution in [2.75, 3.05) is 31.9 Å². The van der Waals surface area contributed by atoms with Gasteiger partial charge in [0.25, 0.3) is 5.69 Å². The van der Waals surface area contributed by atoms with Crippen LogP contribution in [0.1, 0.15) is 37.3 Å². The van der Waals surface area contributed by atoms with E-state index in [-0.39, 0.29) is 29.2 Å². The van der Waals surface area contributed by atoms with Crippen LogP contribution in [0.15, 0.2) is 54.6 Å². The van der Waals surface area contributed by atoms with E-state index in [4.69, 9.17) is 0 Å². The van der Waals surface area contributed by atoms with Crippen molar-refractivity contribution in [3.63, 3.8) is 0 Å². The van der Waals surface area contributed by atoms with Crippen LogP contribution in [0.3, 0.4) is 0 Å². The van der Waals surface area contributed by atoms with Gasteiger partial charge in [-0.15, -0.1) is 0 Å². The predicted octanol–water partition coefficient (Wildman–Crippen LogP) is 4.05. The first-order chi connectivity index (χ1) is 17.8. The number of benzene rings is 2. The minimum Gasteiger partial charge on any atom is -0.341 e. The van der Waals surface area contributed by atoms with Gasteiger partial charge < -0.3 is 15.1 Å². The molecule has 1 saturated heterocycles. The van der Waals surface area contributed by atoms with E-state index in [0.29, 0.717) is 38.4 Å². The number of nitrogens with one attached hydrogen (secondary N) is 1. The van der Waals surface area contributed by atoms with Crippen LogP contribution in [-0.2, 0) is 22.4 Å². The highest BCUT2D eigenvalue weighted by atomic mass is 32.2. The van der Waals surface area contributed by atoms with Gasteiger partial charge in [-0.1, -0.05) is 54.2 Å². The SMILES string of the molecule is CC(=O)SCCN(CCc1ccccc1)C(=O)NC(Cc1ccc([N+](=O)[O-])cc1)C(=O)N1CCCCC1. The third-order valence-electron chi connectivity index (χ3n) is 6.32. The quantitative estimate of drug-likeness (QED) is 0.349. The number of carbonyl (C=O) groups excluding carboxylic acids is 3. The van der Waals surface area contributed by atoms with Crippen LogP contribution in [0.4, 0.5) is 10.5 Å². The molecule has 1 atom stereocenters. The Bertz CT molecular complexity index is 1060. The molecule has 0 aliphatic carbocycles. The summed E-state index contributed by atoms with van der Waals surface area (Å²) in [6.45, 7) is 3.61. The highest BCUT2D eigenvalue weighted by molar-refractivity contribution is 8.13. The molecule has 3 amide bonds. The van der Waals surface area contributed by atoms with Crippen molar-refractivity contribution in [1.29, 1.82) is 0 Å². The molecule has 0 aromatic heterocycles. The van der Waals surface area contributed by atoms with Gasteiger partial charge in [0.1, 0.15) is 6.04 Å². The first kappa shape index (κ1) is 28.2. The molecule has 1 fully saturated rings. The lowest BCUT2D eigenvalue weighted by atomic mass is 10.0. The van der Waals surface area contributed by atoms with Crippen molar-refractivity contribution < 1.29 is 19.3 Å². The number of hydrogen-bond donors (Lipinski definition) is 1. The van der Waals surface area contributed by atoms with Gasteiger partial charge in [-0.05, 0) is 36.8 Å². The lowest BCUT2D eigenvalue weighted by Gasteiger charge is -2.32. The van der Waals surface area contributed by atoms with Gasteiger partial charge in [-0.25, -0.2) is 4.79 Å². The predicted molar refractivity (Wildman–Crippen MR) is 144 cm³/mol. The Morgan fingerprint density at radius 3 is 2.30 bits per heavy atom. The third-order valence-corrected chi connectivity index (χ3v) is 7.11. The van der Waals surface area contributed by atoms with Gasteiger partial charge in [0.15, 0.2) is 5.12 Å². The van der Waals surface area contributed by atoms with Crippen LogP contribution < -0.4 is 5.32 Å². The number of nitrogens with zero attached hydrogens (tertiary/aromatic N) is 3. The van der Waals surface area contributed by atoms with E-state index in [1.807, 2.05) is 30.3 Å². The number of carbonyl (C=O) groups is 3. The van der Waals surface area contributed by atoms with Crippen LogP contribution in [0.5, 0.6) is 0 Å². The fourth-order valence-corrected chi connectivity index (χ4v) is 4.89. The molecule has 37 heavy (non-hydrogen) atoms. The van der Waals surface area contributed by atoms with Gasteiger partial charge in [0, 0.05) is 57.4 Å². The molecule has 3 rings (SSSR count). The normalized spacial score (nSPS) is 14.0. The van der Waals surface area contributed by atoms with Crippen molar-refractivity contribution >= 4 is 34.5 Å². The number of piperidine rings is 1. The average Bonchev–Trinajstić information content (AvgIpc) is 2.91. The van der Waals surface area contributed by atoms with Crippen LogP contribution in [-0.4, -0.2) is 69.8 Å². The summed E-state index contributed by atoms with van der Waals surface area (Å²) in [6.07, 6.45) is 3.80. The zero-order chi connectivity index (χ0) is 26.6. The summed E-state index contributed by atoms with van der Waals surface area (Å²) in [5, 5.41) is 13.9. The molecule has 1 aliphatic rings. The molecule has 10 heteroatoms. The van der Waals surface area contributed by atoms with Gasteiger partial charge >= 0.3 is 6.03 Å². The van der Waals surface area contributed by atoms with Gasteiger partial charge in [-0.3, -0.25) is 19.7 Å². The minimum absolute atomic E-state index is 0.0141. The molecule has 1 N–H and O–H groups in total. The number of urea groups is 1. The number of rotatable bonds is 11. The van der Waals surface area contributed by atoms with Crippen LogP contribution in [0.25, 0.3) is 0 Å². The zero-order valence-electron chi connectivity index (χ0n) is 21.1. The summed E-state index contributed by atoms with van der Waals surface area (Å²) < 4.78 is 0. The Morgan fingerprint density at radius 1 is 1.00 bits per heavy atom. The first-order valence-electron chi connectivity index (χ1n) is 12.6. The third kappa shape index (κ3) is 9.20. The Kier molecular flexibility index (Phi) is 10.9. The fourth-order valence-electron chi connectivity index (χ4n) is 4.29. The molecule has 0 spiro atoms. The van der Waals surface area contributed by atoms with E-state index in [1.165, 1.54) is 19.1 Å². The highest BCUT2D eigenvalue weighted by Crippen LogP contribution is 2.16. The molecule has 0 radical (unpaired) electrons. The summed E-state index contributed by atoms with van der Waals surface area (Å²) in [4.78, 5) is 52.3. The van der Waals surface area contributed by atoms with E-state index < -0.39 is 11.0 Å². The van der Waals surface area contributed by atoms with Crippen molar-refractivity contribution in [2.45, 2.75) is 45.1 Å². The highest BCUT2D eigenvalue weighted by Gasteiger charge is 2.29. The second kappa shape index (κ2) is 14.4. The van der Waals surface area contributed by atoms with E-state index in [0.717, 1.165) is 42.2 Å². The molecule has 198 valence electrons. The summed E-state index contributed by atoms with van der Waals surface area (Å²) in [6, 6.07) is 14.7. The van der Waals surface area contributed by atoms with Crippen molar-refractivity contribution in [2.24, 2.45) is 0 Å². The molecular formula is C27H34N4O5S. The maximum absolute atomic E-state index is 13.5. The molecule has 2 aromatic carbocycles. The summed E-state index contributed by atoms with van der Waals surface area (Å²) in [5.74, 6) is 0.317. The molecule has 2 aromatic rings. The average molecular weight is 527 g/mol. The number of non-ortho nitro benzene ring substituents is 1. The van der Waals surface area contributed by atoms with Crippen molar-refractivity contribution in [3.8, 4) is 0 Å². The van der Waals surface area contributed by atoms with E-state index in [1.54, 1.807) is 21.9 Å². The number of amides is 3. The molecule has 1 unspecified atom stereocenters. The minimum atomic E-state index is -0.799. The molecule has 1 heterocycles. The van der Waals surface area contributed by atoms with E-state index in [2.05, 4.69) is 5.32 Å². The zero-order valence-corrected chi connectivity index (χ0v) is 22.0. The van der Waals surface area contributed by atoms with Crippen LogP contribution in [0, 0.1) is 10.1 Å². The van der Waals surface area contributed by atoms with Gasteiger partial charge in [0.2, 0.25) is 5.91 Å². The van der Waals surface area contributed by atoms with E-state index in [9.17, 15) is 24.5 Å². The topological polar surface area (TPSA) is 113 Å². The molecule has 9 nitrogen and oxygen atoms in total. The maximum Gasteiger partial charge on any atom is 0.318 e. The van der Waals surface area contributed by atoms with Gasteiger partial charge in [0.05, 0.1) is 4.92 Å². The second-order valence-corrected chi connectivity index (χ2v) is 10.4. The smallest absolute Gasteiger partial charge is 0.318 e. The Labute approximate surface area is 221 Å². The maximum atomic E-state index is 13.5. The monoisotopic (exact) mass is 526 g/mol. The molecule has 0 saturated carbocycles. The lowest BCUT2D eigenvalue weighted by Crippen LogP contribution is -2.54. The second-order valence-electron chi connectivity index (χ2n) is 9.08. The van der Waals surface area contributed by atoms with Gasteiger partial charge in [-0.2, -0.15) is 0 Å². The number of hydrogen-bond acceptors (Lipinski definition) is 6. The number of likely N-dealkylation sites (tertiary alicyclic amines) is 1. The fraction of sp³-hybridized carbons (Fsp3) is 0.444. The lowest BCUT2D eigenvalue weighted by molar-refractivity contribution is -0.384. The Hall–Kier alpha value is -3.40. The summed E-state index contributed by atoms with van der Waals surface area (Å²) >= 11 is 1.16. The summed E-state index contributed by atoms with van der Waals surface area (Å²) in [7, 11) is 0. The van der Waals surface area contributed by atoms with Crippen molar-refractivity contribution in [1.82, 2.24) is 15.1 Å². The van der Waals surface area contributed by atoms with Crippen LogP contribution >= 0.6 is 11.8 Å².